The third-order valence-electron chi connectivity index (χ3n) is 9.67. The van der Waals surface area contributed by atoms with Gasteiger partial charge in [-0.1, -0.05) is 43.3 Å². The third-order valence-corrected chi connectivity index (χ3v) is 9.67. The standard InChI is InChI=1S/C29H37F2NO3/c1-27-16-20(18-32(35)12-6-9-19-7-4-3-5-8-19)13-22(27)23-15-25(30)24-14-21(33)10-11-28(24,2)29(23,31)26(34)17-27/h3-5,7-8,10-11,14,20,22-23,25-26,34-35H,6,9,12-13,15-18H2,1-2H3/t20-,22?,23?,25+,26?,27?,28?,29+/m1/s1. The predicted molar refractivity (Wildman–Crippen MR) is 130 cm³/mol. The average molecular weight is 486 g/mol. The summed E-state index contributed by atoms with van der Waals surface area (Å²) >= 11 is 0. The molecule has 0 radical (unpaired) electrons. The highest BCUT2D eigenvalue weighted by Crippen LogP contribution is 2.68. The van der Waals surface area contributed by atoms with Gasteiger partial charge in [-0.3, -0.25) is 4.79 Å². The SMILES string of the molecule is CC12CC(O)[C@@]3(F)C(C[C@H](F)C4=CC(=O)C=CC43C)C1C[C@@H](CN(O)CCCc1ccccc1)C2. The molecule has 0 aliphatic heterocycles. The number of aliphatic hydroxyl groups is 1. The molecule has 0 heterocycles. The molecule has 1 aromatic rings. The summed E-state index contributed by atoms with van der Waals surface area (Å²) in [6, 6.07) is 10.2. The van der Waals surface area contributed by atoms with Crippen LogP contribution >= 0.6 is 0 Å². The summed E-state index contributed by atoms with van der Waals surface area (Å²) in [6.45, 7) is 4.79. The average Bonchev–Trinajstić information content (AvgIpc) is 3.13. The quantitative estimate of drug-likeness (QED) is 0.541. The predicted octanol–water partition coefficient (Wildman–Crippen LogP) is 5.25. The van der Waals surface area contributed by atoms with Gasteiger partial charge in [0, 0.05) is 24.4 Å². The number of hydroxylamine groups is 2. The van der Waals surface area contributed by atoms with E-state index < -0.39 is 29.3 Å². The molecule has 35 heavy (non-hydrogen) atoms. The van der Waals surface area contributed by atoms with Crippen LogP contribution in [0.15, 0.2) is 54.1 Å². The number of ketones is 1. The van der Waals surface area contributed by atoms with Gasteiger partial charge in [0.15, 0.2) is 11.5 Å². The van der Waals surface area contributed by atoms with Gasteiger partial charge in [-0.2, -0.15) is 5.06 Å². The zero-order valence-corrected chi connectivity index (χ0v) is 20.7. The van der Waals surface area contributed by atoms with Crippen LogP contribution in [0.1, 0.15) is 51.5 Å². The van der Waals surface area contributed by atoms with Crippen molar-refractivity contribution < 1.29 is 23.9 Å². The lowest BCUT2D eigenvalue weighted by atomic mass is 9.45. The number of benzene rings is 1. The number of halogens is 2. The van der Waals surface area contributed by atoms with E-state index in [0.717, 1.165) is 19.3 Å². The van der Waals surface area contributed by atoms with Crippen molar-refractivity contribution >= 4 is 5.78 Å². The second kappa shape index (κ2) is 8.89. The zero-order chi connectivity index (χ0) is 25.0. The number of hydrogen-bond donors (Lipinski definition) is 2. The van der Waals surface area contributed by atoms with Gasteiger partial charge in [0.05, 0.1) is 6.10 Å². The second-order valence-electron chi connectivity index (χ2n) is 11.9. The first-order chi connectivity index (χ1) is 16.6. The van der Waals surface area contributed by atoms with E-state index in [4.69, 9.17) is 0 Å². The van der Waals surface area contributed by atoms with Gasteiger partial charge in [-0.15, -0.1) is 0 Å². The molecule has 1 aromatic carbocycles. The number of hydrogen-bond acceptors (Lipinski definition) is 4. The Balaban J connectivity index is 1.30. The number of nitrogens with zero attached hydrogens (tertiary/aromatic N) is 1. The number of aryl methyl sites for hydroxylation is 1. The molecule has 5 rings (SSSR count). The summed E-state index contributed by atoms with van der Waals surface area (Å²) in [4.78, 5) is 11.9. The minimum absolute atomic E-state index is 0.0109. The Bertz CT molecular complexity index is 1030. The van der Waals surface area contributed by atoms with Gasteiger partial charge < -0.3 is 10.3 Å². The highest BCUT2D eigenvalue weighted by atomic mass is 19.1. The molecule has 0 saturated heterocycles. The lowest BCUT2D eigenvalue weighted by Crippen LogP contribution is -2.67. The van der Waals surface area contributed by atoms with Crippen LogP contribution in [0.5, 0.6) is 0 Å². The largest absolute Gasteiger partial charge is 0.390 e. The molecule has 3 fully saturated rings. The number of aliphatic hydroxyl groups excluding tert-OH is 1. The van der Waals surface area contributed by atoms with Gasteiger partial charge in [-0.25, -0.2) is 8.78 Å². The van der Waals surface area contributed by atoms with E-state index in [1.807, 2.05) is 18.2 Å². The molecule has 4 aliphatic rings. The second-order valence-corrected chi connectivity index (χ2v) is 11.9. The van der Waals surface area contributed by atoms with E-state index in [2.05, 4.69) is 19.1 Å². The highest BCUT2D eigenvalue weighted by Gasteiger charge is 2.71. The molecule has 4 nitrogen and oxygen atoms in total. The van der Waals surface area contributed by atoms with E-state index in [1.54, 1.807) is 6.92 Å². The summed E-state index contributed by atoms with van der Waals surface area (Å²) < 4.78 is 32.5. The third kappa shape index (κ3) is 4.02. The van der Waals surface area contributed by atoms with Crippen LogP contribution < -0.4 is 0 Å². The van der Waals surface area contributed by atoms with E-state index in [-0.39, 0.29) is 35.0 Å². The Morgan fingerprint density at radius 3 is 2.60 bits per heavy atom. The van der Waals surface area contributed by atoms with Gasteiger partial charge in [0.25, 0.3) is 0 Å². The first kappa shape index (κ1) is 24.8. The van der Waals surface area contributed by atoms with Crippen LogP contribution in [0.2, 0.25) is 0 Å². The van der Waals surface area contributed by atoms with Crippen molar-refractivity contribution in [1.82, 2.24) is 5.06 Å². The lowest BCUT2D eigenvalue weighted by Gasteiger charge is -2.61. The Labute approximate surface area is 206 Å². The minimum atomic E-state index is -2.02. The van der Waals surface area contributed by atoms with Crippen LogP contribution in [0.4, 0.5) is 8.78 Å². The molecular formula is C29H37F2NO3. The van der Waals surface area contributed by atoms with Crippen LogP contribution in [0.3, 0.4) is 0 Å². The smallest absolute Gasteiger partial charge is 0.178 e. The van der Waals surface area contributed by atoms with E-state index >= 15 is 8.78 Å². The maximum absolute atomic E-state index is 17.1. The van der Waals surface area contributed by atoms with Crippen LogP contribution in [0, 0.1) is 28.6 Å². The first-order valence-electron chi connectivity index (χ1n) is 13.0. The van der Waals surface area contributed by atoms with Gasteiger partial charge in [0.2, 0.25) is 0 Å². The molecule has 3 saturated carbocycles. The fraction of sp³-hybridized carbons (Fsp3) is 0.621. The van der Waals surface area contributed by atoms with Crippen LogP contribution in [0.25, 0.3) is 0 Å². The molecule has 8 atom stereocenters. The van der Waals surface area contributed by atoms with Crippen LogP contribution in [-0.4, -0.2) is 52.2 Å². The van der Waals surface area contributed by atoms with Gasteiger partial charge in [-0.05, 0) is 86.0 Å². The van der Waals surface area contributed by atoms with Crippen molar-refractivity contribution in [3.63, 3.8) is 0 Å². The number of carbonyl (C=O) groups is 1. The molecule has 6 heteroatoms. The van der Waals surface area contributed by atoms with Crippen molar-refractivity contribution in [2.45, 2.75) is 70.3 Å². The molecule has 0 amide bonds. The topological polar surface area (TPSA) is 60.8 Å². The molecule has 5 unspecified atom stereocenters. The first-order valence-corrected chi connectivity index (χ1v) is 13.0. The number of alkyl halides is 2. The maximum Gasteiger partial charge on any atom is 0.178 e. The Kier molecular flexibility index (Phi) is 6.30. The zero-order valence-electron chi connectivity index (χ0n) is 20.7. The minimum Gasteiger partial charge on any atom is -0.390 e. The number of allylic oxidation sites excluding steroid dienone is 4. The van der Waals surface area contributed by atoms with E-state index in [0.29, 0.717) is 25.9 Å². The fourth-order valence-electron chi connectivity index (χ4n) is 8.07. The van der Waals surface area contributed by atoms with Crippen molar-refractivity contribution in [2.24, 2.45) is 28.6 Å². The van der Waals surface area contributed by atoms with E-state index in [1.165, 1.54) is 28.9 Å². The normalized spacial score (nSPS) is 42.4. The molecule has 0 bridgehead atoms. The number of fused-ring (bicyclic) bond motifs is 5. The van der Waals surface area contributed by atoms with Gasteiger partial charge >= 0.3 is 0 Å². The van der Waals surface area contributed by atoms with Crippen molar-refractivity contribution in [1.29, 1.82) is 0 Å². The lowest BCUT2D eigenvalue weighted by molar-refractivity contribution is -0.195. The highest BCUT2D eigenvalue weighted by molar-refractivity contribution is 6.01. The summed E-state index contributed by atoms with van der Waals surface area (Å²) in [5.74, 6) is -0.885. The molecule has 190 valence electrons. The molecule has 2 N–H and O–H groups in total. The van der Waals surface area contributed by atoms with Crippen molar-refractivity contribution in [3.8, 4) is 0 Å². The maximum atomic E-state index is 17.1. The fourth-order valence-corrected chi connectivity index (χ4v) is 8.07. The van der Waals surface area contributed by atoms with Crippen molar-refractivity contribution in [2.75, 3.05) is 13.1 Å². The van der Waals surface area contributed by atoms with Crippen molar-refractivity contribution in [3.05, 3.63) is 59.7 Å². The molecule has 4 aliphatic carbocycles. The molecule has 0 spiro atoms. The number of carbonyl (C=O) groups excluding carboxylic acids is 1. The Morgan fingerprint density at radius 1 is 1.11 bits per heavy atom. The summed E-state index contributed by atoms with van der Waals surface area (Å²) in [5.41, 5.74) is -2.25. The molecule has 0 aromatic heterocycles. The van der Waals surface area contributed by atoms with E-state index in [9.17, 15) is 15.1 Å². The Morgan fingerprint density at radius 2 is 1.86 bits per heavy atom. The monoisotopic (exact) mass is 485 g/mol. The Hall–Kier alpha value is -1.89. The number of rotatable bonds is 6. The summed E-state index contributed by atoms with van der Waals surface area (Å²) in [6.07, 6.45) is 4.92. The summed E-state index contributed by atoms with van der Waals surface area (Å²) in [7, 11) is 0. The summed E-state index contributed by atoms with van der Waals surface area (Å²) in [5, 5.41) is 23.2. The molecular weight excluding hydrogens is 448 g/mol. The van der Waals surface area contributed by atoms with Gasteiger partial charge in [0.1, 0.15) is 6.17 Å². The van der Waals surface area contributed by atoms with Crippen LogP contribution in [-0.2, 0) is 11.2 Å².